The number of hydrogen-bond donors (Lipinski definition) is 0. The summed E-state index contributed by atoms with van der Waals surface area (Å²) in [5.41, 5.74) is 8.29. The van der Waals surface area contributed by atoms with E-state index < -0.39 is 26.0 Å². The molecule has 60 heavy (non-hydrogen) atoms. The van der Waals surface area contributed by atoms with Gasteiger partial charge in [0, 0.05) is 61.2 Å². The molecule has 0 aliphatic carbocycles. The van der Waals surface area contributed by atoms with Crippen molar-refractivity contribution in [3.05, 3.63) is 150 Å². The molecule has 10 rings (SSSR count). The number of furan rings is 1. The van der Waals surface area contributed by atoms with Crippen molar-refractivity contribution in [2.24, 2.45) is 0 Å². The standard InChI is InChI=1S/C34H24N3OS.C17H21FGeN.Ir/c1-19(2)21-17-18-28(30-24-9-4-7-14-29(24)39-32(21)30)37-27-13-6-5-12-26(27)36-33(37)25-11-8-10-22-23-16-15-20(3)35-34(23)38-31(22)25;1-12(2)15-10-17(13-6-8-14(18)9-7-13)20-11-16(15)19(3,4)5;/h4-10,12-19H,1-3H3;6,8-12H,1-5H3;/q2*-1;/i3D3;12D;. The monoisotopic (exact) mass is 1050 g/mol. The van der Waals surface area contributed by atoms with Crippen LogP contribution in [0.2, 0.25) is 17.3 Å². The van der Waals surface area contributed by atoms with Gasteiger partial charge in [-0.05, 0) is 54.7 Å². The summed E-state index contributed by atoms with van der Waals surface area (Å²) in [4.78, 5) is 14.0. The topological polar surface area (TPSA) is 56.7 Å². The SMILES string of the molecule is [2H]C(C)(C)c1cc(-c2[c-]cc(F)cc2)nc[c]1[Ge]([CH3])([CH3])[CH3].[2H]C([2H])([2H])c1ccc2c(n1)oc1c(-c3nc4ccccc4n3-c3ccc(C(C)C)c4sc5ccccc5c34)[c-]ccc12.[Ir]. The number of pyridine rings is 2. The van der Waals surface area contributed by atoms with Crippen LogP contribution in [-0.4, -0.2) is 32.8 Å². The third-order valence-corrected chi connectivity index (χ3v) is 16.2. The number of aryl methyl sites for hydroxylation is 1. The smallest absolute Gasteiger partial charge is 0.216 e. The number of benzene rings is 5. The molecule has 0 aliphatic rings. The quantitative estimate of drug-likeness (QED) is 0.123. The predicted octanol–water partition coefficient (Wildman–Crippen LogP) is 13.9. The third kappa shape index (κ3) is 7.53. The molecule has 5 nitrogen and oxygen atoms in total. The minimum Gasteiger partial charge on any atom is -0.486 e. The van der Waals surface area contributed by atoms with Crippen molar-refractivity contribution in [3.8, 4) is 28.3 Å². The van der Waals surface area contributed by atoms with Crippen LogP contribution in [0.3, 0.4) is 0 Å². The molecule has 0 spiro atoms. The molecule has 10 aromatic rings. The van der Waals surface area contributed by atoms with Gasteiger partial charge in [-0.2, -0.15) is 0 Å². The normalized spacial score (nSPS) is 13.3. The molecular formula is C51H45FGeIrN4OS-2. The van der Waals surface area contributed by atoms with Gasteiger partial charge in [0.1, 0.15) is 0 Å². The van der Waals surface area contributed by atoms with E-state index in [1.807, 2.05) is 67.8 Å². The van der Waals surface area contributed by atoms with E-state index in [1.165, 1.54) is 42.3 Å². The molecule has 0 unspecified atom stereocenters. The van der Waals surface area contributed by atoms with Gasteiger partial charge in [-0.3, -0.25) is 4.98 Å². The van der Waals surface area contributed by atoms with Crippen LogP contribution in [-0.2, 0) is 20.1 Å². The van der Waals surface area contributed by atoms with Crippen molar-refractivity contribution in [1.29, 1.82) is 0 Å². The van der Waals surface area contributed by atoms with Crippen LogP contribution in [0, 0.1) is 24.8 Å². The van der Waals surface area contributed by atoms with E-state index in [9.17, 15) is 4.39 Å². The van der Waals surface area contributed by atoms with Gasteiger partial charge in [-0.25, -0.2) is 4.98 Å². The van der Waals surface area contributed by atoms with Crippen molar-refractivity contribution in [2.75, 3.05) is 0 Å². The number of aromatic nitrogens is 4. The zero-order valence-electron chi connectivity index (χ0n) is 38.4. The predicted molar refractivity (Wildman–Crippen MR) is 248 cm³/mol. The molecule has 0 saturated carbocycles. The summed E-state index contributed by atoms with van der Waals surface area (Å²) in [5, 5.41) is 4.00. The average Bonchev–Trinajstić information content (AvgIpc) is 3.94. The fourth-order valence-corrected chi connectivity index (χ4v) is 12.6. The number of thiophene rings is 1. The zero-order valence-corrected chi connectivity index (χ0v) is 39.7. The first-order chi connectivity index (χ1) is 29.9. The van der Waals surface area contributed by atoms with Gasteiger partial charge in [0.05, 0.1) is 22.4 Å². The van der Waals surface area contributed by atoms with Crippen molar-refractivity contribution in [2.45, 2.75) is 63.6 Å². The molecule has 0 saturated heterocycles. The second kappa shape index (κ2) is 16.5. The maximum atomic E-state index is 13.0. The summed E-state index contributed by atoms with van der Waals surface area (Å²) >= 11 is -0.267. The van der Waals surface area contributed by atoms with E-state index in [2.05, 4.69) is 100 Å². The van der Waals surface area contributed by atoms with Gasteiger partial charge in [0.2, 0.25) is 5.71 Å². The van der Waals surface area contributed by atoms with Crippen molar-refractivity contribution in [1.82, 2.24) is 19.5 Å². The van der Waals surface area contributed by atoms with Gasteiger partial charge in [-0.1, -0.05) is 61.2 Å². The Hall–Kier alpha value is -4.99. The minimum absolute atomic E-state index is 0. The van der Waals surface area contributed by atoms with Crippen LogP contribution < -0.4 is 4.40 Å². The summed E-state index contributed by atoms with van der Waals surface area (Å²) in [6.45, 7) is 5.95. The molecule has 1 radical (unpaired) electrons. The molecule has 5 aromatic heterocycles. The van der Waals surface area contributed by atoms with Gasteiger partial charge in [0.25, 0.3) is 0 Å². The van der Waals surface area contributed by atoms with Crippen molar-refractivity contribution < 1.29 is 34.4 Å². The number of fused-ring (bicyclic) bond motifs is 7. The number of hydrogen-bond acceptors (Lipinski definition) is 5. The molecule has 5 heterocycles. The summed E-state index contributed by atoms with van der Waals surface area (Å²) in [7, 11) is 0. The number of rotatable bonds is 6. The first-order valence-electron chi connectivity index (χ1n) is 21.7. The Labute approximate surface area is 376 Å². The molecule has 303 valence electrons. The molecule has 0 aliphatic heterocycles. The Morgan fingerprint density at radius 1 is 0.850 bits per heavy atom. The molecule has 0 N–H and O–H groups in total. The van der Waals surface area contributed by atoms with Crippen LogP contribution in [0.4, 0.5) is 4.39 Å². The Kier molecular flexibility index (Phi) is 10.1. The second-order valence-electron chi connectivity index (χ2n) is 16.4. The molecular weight excluding hydrogens is 1000 g/mol. The zero-order chi connectivity index (χ0) is 44.6. The van der Waals surface area contributed by atoms with E-state index in [0.717, 1.165) is 44.3 Å². The molecule has 0 fully saturated rings. The van der Waals surface area contributed by atoms with Crippen molar-refractivity contribution in [3.63, 3.8) is 0 Å². The number of halogens is 1. The maximum absolute atomic E-state index is 13.0. The Bertz CT molecular complexity index is 3370. The fraction of sp³-hybridized carbons (Fsp3) is 0.196. The van der Waals surface area contributed by atoms with Crippen LogP contribution in [0.1, 0.15) is 61.8 Å². The van der Waals surface area contributed by atoms with Crippen LogP contribution in [0.5, 0.6) is 0 Å². The van der Waals surface area contributed by atoms with Gasteiger partial charge >= 0.3 is 125 Å². The number of para-hydroxylation sites is 2. The molecule has 5 aromatic carbocycles. The maximum Gasteiger partial charge on any atom is 0.216 e. The first-order valence-corrected chi connectivity index (χ1v) is 27.9. The summed E-state index contributed by atoms with van der Waals surface area (Å²) in [5.74, 6) is 7.00. The van der Waals surface area contributed by atoms with Crippen molar-refractivity contribution >= 4 is 82.3 Å². The first kappa shape index (κ1) is 36.8. The second-order valence-corrected chi connectivity index (χ2v) is 28.0. The largest absolute Gasteiger partial charge is 0.486 e. The summed E-state index contributed by atoms with van der Waals surface area (Å²) in [6.07, 6.45) is 1.91. The van der Waals surface area contributed by atoms with Crippen LogP contribution in [0.15, 0.2) is 120 Å². The Morgan fingerprint density at radius 3 is 2.40 bits per heavy atom. The molecule has 0 atom stereocenters. The Balaban J connectivity index is 0.000000216. The summed E-state index contributed by atoms with van der Waals surface area (Å²) in [6, 6.07) is 40.9. The molecule has 0 bridgehead atoms. The van der Waals surface area contributed by atoms with E-state index in [-0.39, 0.29) is 37.3 Å². The van der Waals surface area contributed by atoms with E-state index in [0.29, 0.717) is 22.9 Å². The number of imidazole rings is 1. The number of nitrogens with zero attached hydrogens (tertiary/aromatic N) is 4. The van der Waals surface area contributed by atoms with Crippen LogP contribution in [0.25, 0.3) is 81.6 Å². The third-order valence-electron chi connectivity index (χ3n) is 10.8. The van der Waals surface area contributed by atoms with Crippen LogP contribution >= 0.6 is 11.3 Å². The molecule has 0 amide bonds. The van der Waals surface area contributed by atoms with Gasteiger partial charge < -0.3 is 8.98 Å². The van der Waals surface area contributed by atoms with Gasteiger partial charge in [-0.15, -0.1) is 29.5 Å². The van der Waals surface area contributed by atoms with E-state index in [4.69, 9.17) is 14.9 Å². The summed E-state index contributed by atoms with van der Waals surface area (Å²) < 4.78 is 57.1. The van der Waals surface area contributed by atoms with E-state index in [1.54, 1.807) is 18.2 Å². The fourth-order valence-electron chi connectivity index (χ4n) is 7.88. The van der Waals surface area contributed by atoms with E-state index >= 15 is 0 Å². The minimum atomic E-state index is -2.33. The Morgan fingerprint density at radius 2 is 1.65 bits per heavy atom. The van der Waals surface area contributed by atoms with Gasteiger partial charge in [0.15, 0.2) is 0 Å². The average molecular weight is 1050 g/mol. The molecule has 9 heteroatoms.